The van der Waals surface area contributed by atoms with E-state index in [1.807, 2.05) is 25.1 Å². The Morgan fingerprint density at radius 3 is 2.87 bits per heavy atom. The van der Waals surface area contributed by atoms with Crippen LogP contribution in [0.3, 0.4) is 0 Å². The van der Waals surface area contributed by atoms with Crippen molar-refractivity contribution in [2.75, 3.05) is 20.3 Å². The third-order valence-electron chi connectivity index (χ3n) is 5.07. The van der Waals surface area contributed by atoms with E-state index >= 15 is 0 Å². The lowest BCUT2D eigenvalue weighted by atomic mass is 10.1. The molecule has 3 aromatic rings. The number of carbonyl (C=O) groups is 1. The van der Waals surface area contributed by atoms with Gasteiger partial charge in [0.2, 0.25) is 0 Å². The lowest BCUT2D eigenvalue weighted by molar-refractivity contribution is -0.123. The van der Waals surface area contributed by atoms with Crippen LogP contribution in [0.5, 0.6) is 11.5 Å². The molecule has 8 heteroatoms. The maximum atomic E-state index is 12.8. The molecule has 0 bridgehead atoms. The second kappa shape index (κ2) is 8.81. The van der Waals surface area contributed by atoms with Crippen LogP contribution in [0.15, 0.2) is 41.2 Å². The Labute approximate surface area is 184 Å². The van der Waals surface area contributed by atoms with E-state index in [4.69, 9.17) is 26.1 Å². The summed E-state index contributed by atoms with van der Waals surface area (Å²) in [7, 11) is 1.55. The van der Waals surface area contributed by atoms with Gasteiger partial charge < -0.3 is 14.8 Å². The highest BCUT2D eigenvalue weighted by atomic mass is 35.5. The number of amides is 1. The largest absolute Gasteiger partial charge is 0.493 e. The van der Waals surface area contributed by atoms with E-state index in [2.05, 4.69) is 5.32 Å². The van der Waals surface area contributed by atoms with Crippen LogP contribution in [-0.4, -0.2) is 35.7 Å². The fourth-order valence-electron chi connectivity index (χ4n) is 3.61. The van der Waals surface area contributed by atoms with Crippen LogP contribution >= 0.6 is 11.6 Å². The van der Waals surface area contributed by atoms with Gasteiger partial charge in [0.15, 0.2) is 18.1 Å². The first-order chi connectivity index (χ1) is 15.0. The molecule has 1 aliphatic heterocycles. The maximum absolute atomic E-state index is 12.8. The lowest BCUT2D eigenvalue weighted by Crippen LogP contribution is -2.28. The number of nitrogens with one attached hydrogen (secondary N) is 1. The van der Waals surface area contributed by atoms with Gasteiger partial charge in [-0.25, -0.2) is 4.98 Å². The van der Waals surface area contributed by atoms with Gasteiger partial charge in [0.25, 0.3) is 11.5 Å². The Morgan fingerprint density at radius 1 is 1.26 bits per heavy atom. The second-order valence-electron chi connectivity index (χ2n) is 7.13. The molecule has 7 nitrogen and oxygen atoms in total. The van der Waals surface area contributed by atoms with Gasteiger partial charge in [-0.3, -0.25) is 14.2 Å². The van der Waals surface area contributed by atoms with E-state index in [9.17, 15) is 9.59 Å². The standard InChI is InChI=1S/C23H22ClN3O4/c1-3-25-21(28)13-31-19-7-4-14(11-20(19)30-2)10-15-8-9-27-22(15)26-18-12-16(24)5-6-17(18)23(27)29/h4-7,10-12H,3,8-9,13H2,1-2H3,(H,25,28)/b15-10+. The fraction of sp³-hybridized carbons (Fsp3) is 0.261. The Bertz CT molecular complexity index is 1250. The van der Waals surface area contributed by atoms with Gasteiger partial charge in [-0.2, -0.15) is 0 Å². The van der Waals surface area contributed by atoms with Gasteiger partial charge in [-0.1, -0.05) is 17.7 Å². The average Bonchev–Trinajstić information content (AvgIpc) is 3.15. The second-order valence-corrected chi connectivity index (χ2v) is 7.56. The molecule has 0 fully saturated rings. The molecule has 1 aliphatic rings. The van der Waals surface area contributed by atoms with Crippen molar-refractivity contribution in [1.29, 1.82) is 0 Å². The highest BCUT2D eigenvalue weighted by Crippen LogP contribution is 2.32. The van der Waals surface area contributed by atoms with Gasteiger partial charge in [0, 0.05) is 18.1 Å². The Balaban J connectivity index is 1.65. The van der Waals surface area contributed by atoms with Crippen LogP contribution in [0, 0.1) is 0 Å². The number of carbonyl (C=O) groups excluding carboxylic acids is 1. The molecule has 0 unspecified atom stereocenters. The molecule has 0 saturated carbocycles. The highest BCUT2D eigenvalue weighted by molar-refractivity contribution is 6.31. The number of ether oxygens (including phenoxy) is 2. The van der Waals surface area contributed by atoms with Gasteiger partial charge >= 0.3 is 0 Å². The smallest absolute Gasteiger partial charge is 0.261 e. The number of rotatable bonds is 6. The fourth-order valence-corrected chi connectivity index (χ4v) is 3.78. The maximum Gasteiger partial charge on any atom is 0.261 e. The minimum absolute atomic E-state index is 0.0632. The molecule has 0 aliphatic carbocycles. The van der Waals surface area contributed by atoms with E-state index in [-0.39, 0.29) is 18.1 Å². The molecule has 1 N–H and O–H groups in total. The van der Waals surface area contributed by atoms with Crippen LogP contribution in [-0.2, 0) is 11.3 Å². The van der Waals surface area contributed by atoms with Crippen molar-refractivity contribution in [3.05, 3.63) is 63.2 Å². The molecule has 1 amide bonds. The number of hydrogen-bond donors (Lipinski definition) is 1. The van der Waals surface area contributed by atoms with E-state index in [1.165, 1.54) is 0 Å². The van der Waals surface area contributed by atoms with Crippen LogP contribution < -0.4 is 20.3 Å². The van der Waals surface area contributed by atoms with Crippen molar-refractivity contribution in [2.24, 2.45) is 0 Å². The van der Waals surface area contributed by atoms with Crippen LogP contribution in [0.2, 0.25) is 5.02 Å². The molecule has 4 rings (SSSR count). The number of nitrogens with zero attached hydrogens (tertiary/aromatic N) is 2. The summed E-state index contributed by atoms with van der Waals surface area (Å²) in [5.74, 6) is 1.46. The normalized spacial score (nSPS) is 14.0. The van der Waals surface area contributed by atoms with Gasteiger partial charge in [-0.15, -0.1) is 0 Å². The quantitative estimate of drug-likeness (QED) is 0.635. The molecule has 2 heterocycles. The molecule has 160 valence electrons. The van der Waals surface area contributed by atoms with Crippen molar-refractivity contribution >= 4 is 40.1 Å². The monoisotopic (exact) mass is 439 g/mol. The summed E-state index contributed by atoms with van der Waals surface area (Å²) in [6.45, 7) is 2.89. The van der Waals surface area contributed by atoms with Crippen LogP contribution in [0.1, 0.15) is 24.7 Å². The predicted octanol–water partition coefficient (Wildman–Crippen LogP) is 3.52. The first-order valence-electron chi connectivity index (χ1n) is 9.98. The summed E-state index contributed by atoms with van der Waals surface area (Å²) in [5.41, 5.74) is 2.36. The summed E-state index contributed by atoms with van der Waals surface area (Å²) in [5, 5.41) is 3.79. The van der Waals surface area contributed by atoms with E-state index in [1.54, 1.807) is 35.9 Å². The van der Waals surface area contributed by atoms with Crippen LogP contribution in [0.4, 0.5) is 0 Å². The third kappa shape index (κ3) is 4.27. The highest BCUT2D eigenvalue weighted by Gasteiger charge is 2.21. The zero-order valence-electron chi connectivity index (χ0n) is 17.3. The molecule has 1 aromatic heterocycles. The Kier molecular flexibility index (Phi) is 5.95. The number of aromatic nitrogens is 2. The zero-order valence-corrected chi connectivity index (χ0v) is 18.0. The third-order valence-corrected chi connectivity index (χ3v) is 5.31. The number of likely N-dealkylation sites (N-methyl/N-ethyl adjacent to an activating group) is 1. The Morgan fingerprint density at radius 2 is 2.10 bits per heavy atom. The van der Waals surface area contributed by atoms with Crippen molar-refractivity contribution in [3.63, 3.8) is 0 Å². The first kappa shape index (κ1) is 20.9. The van der Waals surface area contributed by atoms with E-state index < -0.39 is 0 Å². The minimum Gasteiger partial charge on any atom is -0.493 e. The van der Waals surface area contributed by atoms with E-state index in [0.29, 0.717) is 52.8 Å². The molecule has 0 saturated heterocycles. The first-order valence-corrected chi connectivity index (χ1v) is 10.4. The average molecular weight is 440 g/mol. The number of allylic oxidation sites excluding steroid dienone is 1. The Hall–Kier alpha value is -3.32. The minimum atomic E-state index is -0.192. The molecule has 0 radical (unpaired) electrons. The summed E-state index contributed by atoms with van der Waals surface area (Å²) < 4.78 is 12.7. The SMILES string of the molecule is CCNC(=O)COc1ccc(/C=C2\CCn3c2nc2cc(Cl)ccc2c3=O)cc1OC. The summed E-state index contributed by atoms with van der Waals surface area (Å²) in [6, 6.07) is 10.6. The van der Waals surface area contributed by atoms with Crippen molar-refractivity contribution < 1.29 is 14.3 Å². The summed E-state index contributed by atoms with van der Waals surface area (Å²) in [4.78, 5) is 29.2. The lowest BCUT2D eigenvalue weighted by Gasteiger charge is -2.11. The van der Waals surface area contributed by atoms with Gasteiger partial charge in [0.1, 0.15) is 5.82 Å². The summed E-state index contributed by atoms with van der Waals surface area (Å²) in [6.07, 6.45) is 2.68. The molecule has 0 atom stereocenters. The van der Waals surface area contributed by atoms with E-state index in [0.717, 1.165) is 11.1 Å². The van der Waals surface area contributed by atoms with Crippen molar-refractivity contribution in [1.82, 2.24) is 14.9 Å². The topological polar surface area (TPSA) is 82.5 Å². The number of fused-ring (bicyclic) bond motifs is 2. The van der Waals surface area contributed by atoms with Gasteiger partial charge in [0.05, 0.1) is 18.0 Å². The zero-order chi connectivity index (χ0) is 22.0. The number of halogens is 1. The number of methoxy groups -OCH3 is 1. The molecular formula is C23H22ClN3O4. The molecule has 0 spiro atoms. The summed E-state index contributed by atoms with van der Waals surface area (Å²) >= 11 is 6.08. The predicted molar refractivity (Wildman–Crippen MR) is 121 cm³/mol. The van der Waals surface area contributed by atoms with Crippen molar-refractivity contribution in [3.8, 4) is 11.5 Å². The number of hydrogen-bond acceptors (Lipinski definition) is 5. The molecule has 31 heavy (non-hydrogen) atoms. The molecular weight excluding hydrogens is 418 g/mol. The van der Waals surface area contributed by atoms with Crippen molar-refractivity contribution in [2.45, 2.75) is 19.9 Å². The van der Waals surface area contributed by atoms with Crippen LogP contribution in [0.25, 0.3) is 22.6 Å². The number of benzene rings is 2. The van der Waals surface area contributed by atoms with Gasteiger partial charge in [-0.05, 0) is 60.9 Å². The molecule has 2 aromatic carbocycles.